The van der Waals surface area contributed by atoms with Gasteiger partial charge in [-0.3, -0.25) is 4.90 Å². The summed E-state index contributed by atoms with van der Waals surface area (Å²) in [7, 11) is -3.32. The first-order valence-electron chi connectivity index (χ1n) is 7.51. The van der Waals surface area contributed by atoms with Crippen LogP contribution in [0.5, 0.6) is 0 Å². The van der Waals surface area contributed by atoms with Crippen LogP contribution < -0.4 is 0 Å². The molecule has 1 aromatic rings. The van der Waals surface area contributed by atoms with Gasteiger partial charge in [0, 0.05) is 31.7 Å². The van der Waals surface area contributed by atoms with Gasteiger partial charge in [0.1, 0.15) is 0 Å². The van der Waals surface area contributed by atoms with E-state index in [1.54, 1.807) is 16.4 Å². The Balaban J connectivity index is 1.67. The molecule has 0 radical (unpaired) electrons. The summed E-state index contributed by atoms with van der Waals surface area (Å²) < 4.78 is 26.6. The number of hydrogen-bond acceptors (Lipinski definition) is 3. The van der Waals surface area contributed by atoms with Gasteiger partial charge in [-0.05, 0) is 25.5 Å². The zero-order chi connectivity index (χ0) is 15.0. The maximum atomic E-state index is 12.5. The second-order valence-corrected chi connectivity index (χ2v) is 7.83. The molecule has 0 N–H and O–H groups in total. The van der Waals surface area contributed by atoms with Crippen molar-refractivity contribution in [1.82, 2.24) is 9.21 Å². The van der Waals surface area contributed by atoms with Crippen LogP contribution in [0.1, 0.15) is 18.9 Å². The Morgan fingerprint density at radius 2 is 1.86 bits per heavy atom. The normalized spacial score (nSPS) is 24.4. The third kappa shape index (κ3) is 2.65. The average Bonchev–Trinajstić information content (AvgIpc) is 2.85. The van der Waals surface area contributed by atoms with E-state index >= 15 is 0 Å². The summed E-state index contributed by atoms with van der Waals surface area (Å²) in [4.78, 5) is 2.80. The highest BCUT2D eigenvalue weighted by Crippen LogP contribution is 2.28. The molecule has 0 aliphatic carbocycles. The fraction of sp³-hybridized carbons (Fsp3) is 0.500. The van der Waals surface area contributed by atoms with E-state index < -0.39 is 10.0 Å². The first-order chi connectivity index (χ1) is 10.0. The lowest BCUT2D eigenvalue weighted by atomic mass is 10.1. The van der Waals surface area contributed by atoms with Gasteiger partial charge >= 0.3 is 0 Å². The number of nitrogens with zero attached hydrogens (tertiary/aromatic N) is 2. The van der Waals surface area contributed by atoms with Crippen molar-refractivity contribution in [3.8, 4) is 0 Å². The number of benzene rings is 1. The Hall–Kier alpha value is -1.17. The van der Waals surface area contributed by atoms with Crippen LogP contribution in [0.15, 0.2) is 41.3 Å². The van der Waals surface area contributed by atoms with Gasteiger partial charge in [0.2, 0.25) is 10.0 Å². The molecule has 2 aliphatic heterocycles. The van der Waals surface area contributed by atoms with Crippen LogP contribution in [0.3, 0.4) is 0 Å². The highest BCUT2D eigenvalue weighted by atomic mass is 32.2. The highest BCUT2D eigenvalue weighted by Gasteiger charge is 2.41. The monoisotopic (exact) mass is 306 g/mol. The van der Waals surface area contributed by atoms with Gasteiger partial charge in [-0.15, -0.1) is 0 Å². The fourth-order valence-electron chi connectivity index (χ4n) is 3.06. The van der Waals surface area contributed by atoms with Crippen molar-refractivity contribution in [3.05, 3.63) is 42.0 Å². The standard InChI is InChI=1S/C16H22N2O2S/c1-3-14-5-4-10-18(14)15-11-17(12-15)21(19,20)16-8-6-13(2)7-9-16/h4-9,14-15H,3,10-12H2,1-2H3. The number of hydrogen-bond donors (Lipinski definition) is 0. The summed E-state index contributed by atoms with van der Waals surface area (Å²) in [5, 5.41) is 0. The van der Waals surface area contributed by atoms with Gasteiger partial charge in [-0.1, -0.05) is 36.8 Å². The smallest absolute Gasteiger partial charge is 0.243 e. The van der Waals surface area contributed by atoms with Gasteiger partial charge in [0.15, 0.2) is 0 Å². The van der Waals surface area contributed by atoms with E-state index in [9.17, 15) is 8.42 Å². The number of rotatable bonds is 4. The summed E-state index contributed by atoms with van der Waals surface area (Å²) in [6.07, 6.45) is 5.50. The maximum Gasteiger partial charge on any atom is 0.243 e. The van der Waals surface area contributed by atoms with Gasteiger partial charge in [-0.25, -0.2) is 8.42 Å². The summed E-state index contributed by atoms with van der Waals surface area (Å²) in [6.45, 7) is 6.29. The predicted octanol–water partition coefficient (Wildman–Crippen LogP) is 2.02. The Labute approximate surface area is 127 Å². The third-order valence-electron chi connectivity index (χ3n) is 4.48. The topological polar surface area (TPSA) is 40.6 Å². The number of aryl methyl sites for hydroxylation is 1. The SMILES string of the molecule is CCC1C=CCN1C1CN(S(=O)(=O)c2ccc(C)cc2)C1. The van der Waals surface area contributed by atoms with E-state index in [1.807, 2.05) is 19.1 Å². The average molecular weight is 306 g/mol. The molecule has 1 aromatic carbocycles. The zero-order valence-electron chi connectivity index (χ0n) is 12.6. The van der Waals surface area contributed by atoms with Crippen molar-refractivity contribution in [1.29, 1.82) is 0 Å². The van der Waals surface area contributed by atoms with Crippen LogP contribution in [-0.4, -0.2) is 49.3 Å². The Bertz CT molecular complexity index is 631. The highest BCUT2D eigenvalue weighted by molar-refractivity contribution is 7.89. The van der Waals surface area contributed by atoms with Crippen molar-refractivity contribution in [2.24, 2.45) is 0 Å². The molecule has 3 rings (SSSR count). The molecule has 0 spiro atoms. The lowest BCUT2D eigenvalue weighted by Gasteiger charge is -2.45. The molecule has 2 heterocycles. The molecular formula is C16H22N2O2S. The van der Waals surface area contributed by atoms with E-state index in [0.29, 0.717) is 30.1 Å². The van der Waals surface area contributed by atoms with E-state index in [0.717, 1.165) is 18.5 Å². The van der Waals surface area contributed by atoms with Crippen molar-refractivity contribution >= 4 is 10.0 Å². The van der Waals surface area contributed by atoms with Crippen LogP contribution >= 0.6 is 0 Å². The molecule has 0 bridgehead atoms. The lowest BCUT2D eigenvalue weighted by Crippen LogP contribution is -2.61. The van der Waals surface area contributed by atoms with Gasteiger partial charge in [0.25, 0.3) is 0 Å². The van der Waals surface area contributed by atoms with E-state index in [-0.39, 0.29) is 0 Å². The molecule has 0 amide bonds. The molecule has 114 valence electrons. The van der Waals surface area contributed by atoms with Crippen molar-refractivity contribution in [2.75, 3.05) is 19.6 Å². The van der Waals surface area contributed by atoms with Crippen LogP contribution in [-0.2, 0) is 10.0 Å². The minimum Gasteiger partial charge on any atom is -0.288 e. The molecule has 0 aromatic heterocycles. The summed E-state index contributed by atoms with van der Waals surface area (Å²) in [6, 6.07) is 7.92. The van der Waals surface area contributed by atoms with E-state index in [4.69, 9.17) is 0 Å². The summed E-state index contributed by atoms with van der Waals surface area (Å²) in [5.41, 5.74) is 1.07. The minimum atomic E-state index is -3.32. The molecule has 4 nitrogen and oxygen atoms in total. The summed E-state index contributed by atoms with van der Waals surface area (Å²) >= 11 is 0. The molecule has 0 saturated carbocycles. The van der Waals surface area contributed by atoms with Crippen LogP contribution in [0.2, 0.25) is 0 Å². The quantitative estimate of drug-likeness (QED) is 0.799. The second kappa shape index (κ2) is 5.55. The van der Waals surface area contributed by atoms with Gasteiger partial charge in [-0.2, -0.15) is 4.31 Å². The van der Waals surface area contributed by atoms with Crippen molar-refractivity contribution in [2.45, 2.75) is 37.2 Å². The molecule has 1 fully saturated rings. The molecule has 2 aliphatic rings. The van der Waals surface area contributed by atoms with Crippen LogP contribution in [0.25, 0.3) is 0 Å². The minimum absolute atomic E-state index is 0.352. The number of sulfonamides is 1. The summed E-state index contributed by atoms with van der Waals surface area (Å²) in [5.74, 6) is 0. The molecule has 1 unspecified atom stereocenters. The second-order valence-electron chi connectivity index (χ2n) is 5.89. The Morgan fingerprint density at radius 3 is 2.48 bits per heavy atom. The van der Waals surface area contributed by atoms with E-state index in [2.05, 4.69) is 24.0 Å². The third-order valence-corrected chi connectivity index (χ3v) is 6.32. The van der Waals surface area contributed by atoms with Crippen molar-refractivity contribution < 1.29 is 8.42 Å². The zero-order valence-corrected chi connectivity index (χ0v) is 13.4. The molecule has 1 saturated heterocycles. The molecule has 5 heteroatoms. The molecule has 21 heavy (non-hydrogen) atoms. The van der Waals surface area contributed by atoms with Crippen molar-refractivity contribution in [3.63, 3.8) is 0 Å². The Kier molecular flexibility index (Phi) is 3.90. The maximum absolute atomic E-state index is 12.5. The predicted molar refractivity (Wildman–Crippen MR) is 83.7 cm³/mol. The van der Waals surface area contributed by atoms with Crippen LogP contribution in [0, 0.1) is 6.92 Å². The van der Waals surface area contributed by atoms with E-state index in [1.165, 1.54) is 0 Å². The lowest BCUT2D eigenvalue weighted by molar-refractivity contribution is 0.0833. The van der Waals surface area contributed by atoms with Gasteiger partial charge < -0.3 is 0 Å². The van der Waals surface area contributed by atoms with Crippen LogP contribution in [0.4, 0.5) is 0 Å². The molecule has 1 atom stereocenters. The van der Waals surface area contributed by atoms with Gasteiger partial charge in [0.05, 0.1) is 4.90 Å². The first-order valence-corrected chi connectivity index (χ1v) is 8.95. The largest absolute Gasteiger partial charge is 0.288 e. The Morgan fingerprint density at radius 1 is 1.19 bits per heavy atom. The fourth-order valence-corrected chi connectivity index (χ4v) is 4.57. The first kappa shape index (κ1) is 14.8. The molecular weight excluding hydrogens is 284 g/mol.